The van der Waals surface area contributed by atoms with E-state index in [9.17, 15) is 9.90 Å². The van der Waals surface area contributed by atoms with Gasteiger partial charge in [0.2, 0.25) is 0 Å². The lowest BCUT2D eigenvalue weighted by molar-refractivity contribution is 0.506. The van der Waals surface area contributed by atoms with E-state index in [1.165, 1.54) is 0 Å². The summed E-state index contributed by atoms with van der Waals surface area (Å²) in [6.07, 6.45) is 0. The number of nitrogens with zero attached hydrogens (tertiary/aromatic N) is 1. The molecule has 1 aliphatic rings. The van der Waals surface area contributed by atoms with Gasteiger partial charge in [-0.25, -0.2) is 0 Å². The Labute approximate surface area is 95.0 Å². The van der Waals surface area contributed by atoms with Crippen LogP contribution >= 0.6 is 0 Å². The number of aromatic nitrogens is 1. The van der Waals surface area contributed by atoms with Crippen LogP contribution in [0.25, 0.3) is 5.76 Å². The molecule has 16 heavy (non-hydrogen) atoms. The summed E-state index contributed by atoms with van der Waals surface area (Å²) in [4.78, 5) is 12.1. The maximum atomic E-state index is 12.1. The molecule has 86 valence electrons. The van der Waals surface area contributed by atoms with Crippen molar-refractivity contribution in [3.63, 3.8) is 0 Å². The number of fused-ring (bicyclic) bond motifs is 1. The van der Waals surface area contributed by atoms with Crippen LogP contribution in [0.1, 0.15) is 42.1 Å². The molecule has 3 nitrogen and oxygen atoms in total. The fourth-order valence-corrected chi connectivity index (χ4v) is 2.46. The molecule has 1 heterocycles. The number of hydrogen-bond acceptors (Lipinski definition) is 2. The van der Waals surface area contributed by atoms with Gasteiger partial charge in [-0.2, -0.15) is 0 Å². The predicted molar refractivity (Wildman–Crippen MR) is 64.8 cm³/mol. The summed E-state index contributed by atoms with van der Waals surface area (Å²) in [7, 11) is 1.75. The summed E-state index contributed by atoms with van der Waals surface area (Å²) in [6.45, 7) is 7.86. The summed E-state index contributed by atoms with van der Waals surface area (Å²) in [5.74, 6) is 0.314. The van der Waals surface area contributed by atoms with E-state index in [2.05, 4.69) is 0 Å². The monoisotopic (exact) mass is 219 g/mol. The minimum absolute atomic E-state index is 0.0979. The summed E-state index contributed by atoms with van der Waals surface area (Å²) in [5, 5.41) is 10.0. The van der Waals surface area contributed by atoms with Crippen molar-refractivity contribution in [3.05, 3.63) is 38.3 Å². The van der Waals surface area contributed by atoms with E-state index in [-0.39, 0.29) is 17.2 Å². The predicted octanol–water partition coefficient (Wildman–Crippen LogP) is 2.41. The van der Waals surface area contributed by atoms with Gasteiger partial charge in [-0.3, -0.25) is 4.79 Å². The molecule has 1 aliphatic carbocycles. The van der Waals surface area contributed by atoms with Crippen LogP contribution < -0.4 is 5.56 Å². The van der Waals surface area contributed by atoms with Gasteiger partial charge in [0.05, 0.1) is 5.56 Å². The highest BCUT2D eigenvalue weighted by atomic mass is 16.3. The van der Waals surface area contributed by atoms with Crippen molar-refractivity contribution in [1.29, 1.82) is 0 Å². The van der Waals surface area contributed by atoms with E-state index in [1.807, 2.05) is 27.7 Å². The van der Waals surface area contributed by atoms with Crippen LogP contribution in [0.4, 0.5) is 0 Å². The molecule has 0 saturated heterocycles. The van der Waals surface area contributed by atoms with Gasteiger partial charge < -0.3 is 9.67 Å². The minimum Gasteiger partial charge on any atom is -0.507 e. The van der Waals surface area contributed by atoms with Gasteiger partial charge in [0, 0.05) is 18.7 Å². The van der Waals surface area contributed by atoms with Gasteiger partial charge in [0.15, 0.2) is 0 Å². The molecule has 1 N–H and O–H groups in total. The first-order chi connectivity index (χ1) is 7.37. The highest BCUT2D eigenvalue weighted by molar-refractivity contribution is 5.73. The van der Waals surface area contributed by atoms with Crippen molar-refractivity contribution in [2.75, 3.05) is 0 Å². The van der Waals surface area contributed by atoms with E-state index >= 15 is 0 Å². The largest absolute Gasteiger partial charge is 0.507 e. The number of aliphatic hydroxyl groups excluding tert-OH is 1. The Hall–Kier alpha value is -1.51. The second-order valence-electron chi connectivity index (χ2n) is 4.62. The molecular formula is C13H17NO2. The van der Waals surface area contributed by atoms with Gasteiger partial charge in [-0.1, -0.05) is 6.92 Å². The lowest BCUT2D eigenvalue weighted by atomic mass is 9.94. The number of rotatable bonds is 0. The first kappa shape index (κ1) is 11.0. The van der Waals surface area contributed by atoms with Crippen molar-refractivity contribution >= 4 is 5.76 Å². The fraction of sp³-hybridized carbons (Fsp3) is 0.462. The van der Waals surface area contributed by atoms with Gasteiger partial charge in [-0.05, 0) is 37.5 Å². The van der Waals surface area contributed by atoms with E-state index < -0.39 is 0 Å². The Kier molecular flexibility index (Phi) is 2.22. The third kappa shape index (κ3) is 1.11. The number of aliphatic hydroxyl groups is 1. The number of allylic oxidation sites excluding steroid dienone is 1. The Balaban J connectivity index is 2.95. The molecule has 0 fully saturated rings. The molecule has 1 aromatic rings. The van der Waals surface area contributed by atoms with Gasteiger partial charge in [0.25, 0.3) is 5.56 Å². The fourth-order valence-electron chi connectivity index (χ4n) is 2.46. The van der Waals surface area contributed by atoms with Gasteiger partial charge in [0.1, 0.15) is 5.76 Å². The van der Waals surface area contributed by atoms with Crippen LogP contribution in [0.5, 0.6) is 0 Å². The lowest BCUT2D eigenvalue weighted by Gasteiger charge is -2.15. The third-order valence-corrected chi connectivity index (χ3v) is 3.93. The average molecular weight is 219 g/mol. The zero-order valence-electron chi connectivity index (χ0n) is 10.4. The quantitative estimate of drug-likeness (QED) is 0.728. The minimum atomic E-state index is -0.0979. The molecule has 3 heteroatoms. The van der Waals surface area contributed by atoms with E-state index in [1.54, 1.807) is 11.6 Å². The van der Waals surface area contributed by atoms with E-state index in [0.29, 0.717) is 5.56 Å². The Bertz CT molecular complexity index is 564. The molecule has 0 bridgehead atoms. The topological polar surface area (TPSA) is 42.2 Å². The van der Waals surface area contributed by atoms with Crippen LogP contribution in [0.15, 0.2) is 10.4 Å². The smallest absolute Gasteiger partial charge is 0.261 e. The molecule has 0 spiro atoms. The molecule has 0 aromatic carbocycles. The van der Waals surface area contributed by atoms with Crippen LogP contribution in [0.3, 0.4) is 0 Å². The van der Waals surface area contributed by atoms with E-state index in [4.69, 9.17) is 0 Å². The Morgan fingerprint density at radius 3 is 2.38 bits per heavy atom. The highest BCUT2D eigenvalue weighted by Gasteiger charge is 2.31. The van der Waals surface area contributed by atoms with Crippen LogP contribution in [-0.4, -0.2) is 9.67 Å². The van der Waals surface area contributed by atoms with Crippen LogP contribution in [0, 0.1) is 13.8 Å². The Morgan fingerprint density at radius 2 is 1.81 bits per heavy atom. The number of hydrogen-bond donors (Lipinski definition) is 1. The second-order valence-corrected chi connectivity index (χ2v) is 4.62. The van der Waals surface area contributed by atoms with Gasteiger partial charge in [-0.15, -0.1) is 0 Å². The molecule has 0 saturated carbocycles. The molecule has 1 atom stereocenters. The van der Waals surface area contributed by atoms with Crippen LogP contribution in [0.2, 0.25) is 0 Å². The van der Waals surface area contributed by atoms with Crippen molar-refractivity contribution in [1.82, 2.24) is 4.57 Å². The summed E-state index contributed by atoms with van der Waals surface area (Å²) >= 11 is 0. The summed E-state index contributed by atoms with van der Waals surface area (Å²) in [6, 6.07) is 0. The maximum Gasteiger partial charge on any atom is 0.261 e. The SMILES string of the molecule is CC1=C(O)c2c(c(C)c(C)n(C)c2=O)C1C. The first-order valence-corrected chi connectivity index (χ1v) is 5.48. The molecule has 1 unspecified atom stereocenters. The summed E-state index contributed by atoms with van der Waals surface area (Å²) < 4.78 is 1.61. The standard InChI is InChI=1S/C13H17NO2/c1-6-7(2)12(15)11-10(6)8(3)9(4)14(5)13(11)16/h6,15H,1-5H3. The summed E-state index contributed by atoms with van der Waals surface area (Å²) in [5.41, 5.74) is 4.36. The molecule has 0 aliphatic heterocycles. The zero-order chi connectivity index (χ0) is 12.2. The highest BCUT2D eigenvalue weighted by Crippen LogP contribution is 2.40. The maximum absolute atomic E-state index is 12.1. The van der Waals surface area contributed by atoms with E-state index in [0.717, 1.165) is 22.4 Å². The number of pyridine rings is 1. The first-order valence-electron chi connectivity index (χ1n) is 5.48. The zero-order valence-corrected chi connectivity index (χ0v) is 10.4. The molecule has 1 aromatic heterocycles. The second kappa shape index (κ2) is 3.24. The van der Waals surface area contributed by atoms with Crippen molar-refractivity contribution < 1.29 is 5.11 Å². The Morgan fingerprint density at radius 1 is 1.25 bits per heavy atom. The van der Waals surface area contributed by atoms with Crippen LogP contribution in [-0.2, 0) is 7.05 Å². The van der Waals surface area contributed by atoms with Crippen molar-refractivity contribution in [2.45, 2.75) is 33.6 Å². The average Bonchev–Trinajstić information content (AvgIpc) is 2.48. The lowest BCUT2D eigenvalue weighted by Crippen LogP contribution is -2.25. The molecular weight excluding hydrogens is 202 g/mol. The van der Waals surface area contributed by atoms with Gasteiger partial charge >= 0.3 is 0 Å². The molecule has 0 amide bonds. The van der Waals surface area contributed by atoms with Crippen molar-refractivity contribution in [2.24, 2.45) is 7.05 Å². The van der Waals surface area contributed by atoms with Crippen molar-refractivity contribution in [3.8, 4) is 0 Å². The normalized spacial score (nSPS) is 19.2. The molecule has 2 rings (SSSR count). The molecule has 0 radical (unpaired) electrons. The third-order valence-electron chi connectivity index (χ3n) is 3.93.